The Morgan fingerprint density at radius 2 is 2.00 bits per heavy atom. The van der Waals surface area contributed by atoms with Crippen molar-refractivity contribution in [3.05, 3.63) is 11.6 Å². The number of esters is 1. The zero-order valence-electron chi connectivity index (χ0n) is 11.7. The summed E-state index contributed by atoms with van der Waals surface area (Å²) in [7, 11) is 1.33. The zero-order valence-corrected chi connectivity index (χ0v) is 11.7. The molecular weight excluding hydrogens is 228 g/mol. The molecule has 3 heteroatoms. The summed E-state index contributed by atoms with van der Waals surface area (Å²) in [4.78, 5) is 23.8. The lowest BCUT2D eigenvalue weighted by atomic mass is 9.53. The molecule has 0 amide bonds. The van der Waals surface area contributed by atoms with Crippen molar-refractivity contribution in [3.63, 3.8) is 0 Å². The molecule has 0 aromatic carbocycles. The summed E-state index contributed by atoms with van der Waals surface area (Å²) in [6.07, 6.45) is 5.72. The molecule has 0 aromatic rings. The number of Topliss-reactive ketones (excluding diaryl/α,β-unsaturated/α-hetero) is 1. The molecule has 2 unspecified atom stereocenters. The van der Waals surface area contributed by atoms with Crippen molar-refractivity contribution in [1.29, 1.82) is 0 Å². The largest absolute Gasteiger partial charge is 0.465 e. The fourth-order valence-electron chi connectivity index (χ4n) is 3.84. The Morgan fingerprint density at radius 3 is 2.61 bits per heavy atom. The van der Waals surface area contributed by atoms with Crippen LogP contribution in [0.1, 0.15) is 46.5 Å². The molecule has 0 aliphatic heterocycles. The Kier molecular flexibility index (Phi) is 3.12. The number of allylic oxidation sites excluding steroid dienone is 1. The van der Waals surface area contributed by atoms with Gasteiger partial charge in [0.2, 0.25) is 0 Å². The van der Waals surface area contributed by atoms with Crippen LogP contribution in [0, 0.1) is 16.7 Å². The van der Waals surface area contributed by atoms with Crippen molar-refractivity contribution in [2.24, 2.45) is 16.7 Å². The molecule has 2 atom stereocenters. The molecule has 2 aliphatic rings. The van der Waals surface area contributed by atoms with Crippen LogP contribution in [0.5, 0.6) is 0 Å². The average molecular weight is 250 g/mol. The van der Waals surface area contributed by atoms with Gasteiger partial charge in [-0.1, -0.05) is 33.3 Å². The molecule has 18 heavy (non-hydrogen) atoms. The van der Waals surface area contributed by atoms with Crippen molar-refractivity contribution in [2.75, 3.05) is 7.11 Å². The monoisotopic (exact) mass is 250 g/mol. The number of ether oxygens (including phenoxy) is 1. The van der Waals surface area contributed by atoms with Gasteiger partial charge in [0.05, 0.1) is 12.7 Å². The predicted molar refractivity (Wildman–Crippen MR) is 69.0 cm³/mol. The maximum Gasteiger partial charge on any atom is 0.341 e. The first-order chi connectivity index (χ1) is 8.30. The van der Waals surface area contributed by atoms with E-state index in [9.17, 15) is 9.59 Å². The second kappa shape index (κ2) is 4.22. The summed E-state index contributed by atoms with van der Waals surface area (Å²) < 4.78 is 4.71. The van der Waals surface area contributed by atoms with E-state index >= 15 is 0 Å². The number of rotatable bonds is 1. The van der Waals surface area contributed by atoms with Gasteiger partial charge in [-0.05, 0) is 29.6 Å². The van der Waals surface area contributed by atoms with Crippen molar-refractivity contribution < 1.29 is 14.3 Å². The lowest BCUT2D eigenvalue weighted by molar-refractivity contribution is -0.139. The molecule has 1 saturated carbocycles. The van der Waals surface area contributed by atoms with Gasteiger partial charge >= 0.3 is 5.97 Å². The Morgan fingerprint density at radius 1 is 1.33 bits per heavy atom. The van der Waals surface area contributed by atoms with E-state index < -0.39 is 5.97 Å². The van der Waals surface area contributed by atoms with E-state index in [1.807, 2.05) is 6.08 Å². The molecule has 2 rings (SSSR count). The van der Waals surface area contributed by atoms with Gasteiger partial charge in [0.25, 0.3) is 0 Å². The number of hydrogen-bond acceptors (Lipinski definition) is 3. The van der Waals surface area contributed by atoms with E-state index in [0.29, 0.717) is 12.3 Å². The maximum absolute atomic E-state index is 12.1. The fraction of sp³-hybridized carbons (Fsp3) is 0.733. The van der Waals surface area contributed by atoms with Crippen LogP contribution in [0.4, 0.5) is 0 Å². The topological polar surface area (TPSA) is 43.4 Å². The molecule has 0 aromatic heterocycles. The number of methoxy groups -OCH3 is 1. The van der Waals surface area contributed by atoms with Crippen molar-refractivity contribution >= 4 is 11.8 Å². The molecule has 0 saturated heterocycles. The minimum atomic E-state index is -0.483. The Balaban J connectivity index is 2.42. The third-order valence-electron chi connectivity index (χ3n) is 4.85. The highest BCUT2D eigenvalue weighted by atomic mass is 16.5. The molecule has 3 nitrogen and oxygen atoms in total. The van der Waals surface area contributed by atoms with Crippen LogP contribution in [0.2, 0.25) is 0 Å². The van der Waals surface area contributed by atoms with Crippen molar-refractivity contribution in [1.82, 2.24) is 0 Å². The van der Waals surface area contributed by atoms with E-state index in [1.165, 1.54) is 7.11 Å². The molecule has 0 spiro atoms. The third-order valence-corrected chi connectivity index (χ3v) is 4.85. The predicted octanol–water partition coefficient (Wildman–Crippen LogP) is 2.89. The van der Waals surface area contributed by atoms with Gasteiger partial charge in [-0.3, -0.25) is 4.79 Å². The number of carbonyl (C=O) groups excluding carboxylic acids is 2. The third kappa shape index (κ3) is 2.00. The number of hydrogen-bond donors (Lipinski definition) is 0. The SMILES string of the molecule is COC(=O)C1=CC2(C)CCCC(C)(C)C2CC1=O. The summed E-state index contributed by atoms with van der Waals surface area (Å²) in [6, 6.07) is 0. The molecular formula is C15H22O3. The van der Waals surface area contributed by atoms with Gasteiger partial charge in [0.1, 0.15) is 0 Å². The zero-order chi connectivity index (χ0) is 13.6. The van der Waals surface area contributed by atoms with E-state index in [4.69, 9.17) is 4.74 Å². The molecule has 0 radical (unpaired) electrons. The molecule has 0 bridgehead atoms. The summed E-state index contributed by atoms with van der Waals surface area (Å²) in [5.74, 6) is -0.206. The van der Waals surface area contributed by atoms with Gasteiger partial charge in [-0.25, -0.2) is 4.79 Å². The Hall–Kier alpha value is -1.12. The van der Waals surface area contributed by atoms with E-state index in [1.54, 1.807) is 0 Å². The molecule has 1 fully saturated rings. The summed E-state index contributed by atoms with van der Waals surface area (Å²) in [5.41, 5.74) is 0.383. The Bertz CT molecular complexity index is 419. The van der Waals surface area contributed by atoms with Crippen LogP contribution < -0.4 is 0 Å². The van der Waals surface area contributed by atoms with Crippen molar-refractivity contribution in [2.45, 2.75) is 46.5 Å². The molecule has 2 aliphatic carbocycles. The van der Waals surface area contributed by atoms with Gasteiger partial charge in [0, 0.05) is 6.42 Å². The smallest absolute Gasteiger partial charge is 0.341 e. The van der Waals surface area contributed by atoms with Crippen LogP contribution in [0.25, 0.3) is 0 Å². The van der Waals surface area contributed by atoms with Crippen LogP contribution in [-0.4, -0.2) is 18.9 Å². The average Bonchev–Trinajstić information content (AvgIpc) is 2.29. The molecule has 0 heterocycles. The van der Waals surface area contributed by atoms with Gasteiger partial charge in [0.15, 0.2) is 5.78 Å². The summed E-state index contributed by atoms with van der Waals surface area (Å²) >= 11 is 0. The van der Waals surface area contributed by atoms with Crippen LogP contribution in [0.15, 0.2) is 11.6 Å². The quantitative estimate of drug-likeness (QED) is 0.531. The van der Waals surface area contributed by atoms with Crippen molar-refractivity contribution in [3.8, 4) is 0 Å². The second-order valence-corrected chi connectivity index (χ2v) is 6.58. The molecule has 100 valence electrons. The first kappa shape index (κ1) is 13.3. The first-order valence-electron chi connectivity index (χ1n) is 6.64. The minimum absolute atomic E-state index is 0.0425. The fourth-order valence-corrected chi connectivity index (χ4v) is 3.84. The number of fused-ring (bicyclic) bond motifs is 1. The highest BCUT2D eigenvalue weighted by Crippen LogP contribution is 2.55. The second-order valence-electron chi connectivity index (χ2n) is 6.58. The van der Waals surface area contributed by atoms with Gasteiger partial charge in [-0.15, -0.1) is 0 Å². The van der Waals surface area contributed by atoms with Crippen LogP contribution in [0.3, 0.4) is 0 Å². The van der Waals surface area contributed by atoms with Crippen LogP contribution in [-0.2, 0) is 14.3 Å². The lowest BCUT2D eigenvalue weighted by Gasteiger charge is -2.51. The number of carbonyl (C=O) groups is 2. The normalized spacial score (nSPS) is 34.6. The van der Waals surface area contributed by atoms with E-state index in [-0.39, 0.29) is 22.2 Å². The summed E-state index contributed by atoms with van der Waals surface area (Å²) in [5, 5.41) is 0. The van der Waals surface area contributed by atoms with E-state index in [0.717, 1.165) is 19.3 Å². The van der Waals surface area contributed by atoms with Gasteiger partial charge in [-0.2, -0.15) is 0 Å². The van der Waals surface area contributed by atoms with Gasteiger partial charge < -0.3 is 4.74 Å². The molecule has 0 N–H and O–H groups in total. The summed E-state index contributed by atoms with van der Waals surface area (Å²) in [6.45, 7) is 6.65. The first-order valence-corrected chi connectivity index (χ1v) is 6.64. The highest BCUT2D eigenvalue weighted by molar-refractivity contribution is 6.18. The maximum atomic E-state index is 12.1. The van der Waals surface area contributed by atoms with E-state index in [2.05, 4.69) is 20.8 Å². The number of ketones is 1. The highest BCUT2D eigenvalue weighted by Gasteiger charge is 2.49. The Labute approximate surface area is 109 Å². The lowest BCUT2D eigenvalue weighted by Crippen LogP contribution is -2.45. The minimum Gasteiger partial charge on any atom is -0.465 e. The standard InChI is InChI=1S/C15H22O3/c1-14(2)6-5-7-15(3)9-10(13(17)18-4)11(16)8-12(14)15/h9,12H,5-8H2,1-4H3. The van der Waals surface area contributed by atoms with Crippen LogP contribution >= 0.6 is 0 Å².